The average Bonchev–Trinajstić information content (AvgIpc) is 2.57. The van der Waals surface area contributed by atoms with Gasteiger partial charge in [0.1, 0.15) is 18.0 Å². The summed E-state index contributed by atoms with van der Waals surface area (Å²) < 4.78 is 5.70. The van der Waals surface area contributed by atoms with E-state index in [2.05, 4.69) is 31.7 Å². The monoisotopic (exact) mass is 327 g/mol. The molecule has 0 aromatic carbocycles. The summed E-state index contributed by atoms with van der Waals surface area (Å²) in [6.07, 6.45) is 1.78. The lowest BCUT2D eigenvalue weighted by Crippen LogP contribution is -2.47. The second kappa shape index (κ2) is 7.03. The molecular weight excluding hydrogens is 302 g/mol. The second-order valence-electron chi connectivity index (χ2n) is 6.38. The second-order valence-corrected chi connectivity index (χ2v) is 6.38. The van der Waals surface area contributed by atoms with Crippen molar-refractivity contribution >= 4 is 11.6 Å². The first-order valence-corrected chi connectivity index (χ1v) is 8.46. The Kier molecular flexibility index (Phi) is 4.83. The SMILES string of the molecule is Cc1ncnc(N2CCN(c3cccc(OC(C)C)n3)CC2)c1C. The van der Waals surface area contributed by atoms with Gasteiger partial charge >= 0.3 is 0 Å². The van der Waals surface area contributed by atoms with Crippen LogP contribution in [-0.2, 0) is 0 Å². The van der Waals surface area contributed by atoms with Gasteiger partial charge in [0.15, 0.2) is 0 Å². The van der Waals surface area contributed by atoms with Crippen LogP contribution >= 0.6 is 0 Å². The molecule has 1 aliphatic rings. The Balaban J connectivity index is 1.68. The van der Waals surface area contributed by atoms with Crippen molar-refractivity contribution in [3.8, 4) is 5.88 Å². The van der Waals surface area contributed by atoms with E-state index in [0.29, 0.717) is 5.88 Å². The van der Waals surface area contributed by atoms with E-state index < -0.39 is 0 Å². The highest BCUT2D eigenvalue weighted by Gasteiger charge is 2.21. The summed E-state index contributed by atoms with van der Waals surface area (Å²) in [7, 11) is 0. The number of aromatic nitrogens is 3. The first-order valence-electron chi connectivity index (χ1n) is 8.46. The Morgan fingerprint density at radius 1 is 1.00 bits per heavy atom. The predicted molar refractivity (Wildman–Crippen MR) is 95.9 cm³/mol. The number of pyridine rings is 1. The van der Waals surface area contributed by atoms with Gasteiger partial charge in [-0.1, -0.05) is 6.07 Å². The van der Waals surface area contributed by atoms with Gasteiger partial charge in [-0.2, -0.15) is 4.98 Å². The van der Waals surface area contributed by atoms with E-state index >= 15 is 0 Å². The third kappa shape index (κ3) is 3.58. The predicted octanol–water partition coefficient (Wildman–Crippen LogP) is 2.60. The lowest BCUT2D eigenvalue weighted by Gasteiger charge is -2.36. The molecule has 2 aromatic heterocycles. The van der Waals surface area contributed by atoms with E-state index in [4.69, 9.17) is 4.74 Å². The summed E-state index contributed by atoms with van der Waals surface area (Å²) in [6, 6.07) is 5.96. The average molecular weight is 327 g/mol. The number of anilines is 2. The Labute approximate surface area is 143 Å². The van der Waals surface area contributed by atoms with Crippen molar-refractivity contribution in [2.75, 3.05) is 36.0 Å². The van der Waals surface area contributed by atoms with E-state index in [9.17, 15) is 0 Å². The molecule has 0 spiro atoms. The van der Waals surface area contributed by atoms with E-state index in [1.165, 1.54) is 0 Å². The molecular formula is C18H25N5O. The molecule has 1 saturated heterocycles. The lowest BCUT2D eigenvalue weighted by molar-refractivity contribution is 0.233. The van der Waals surface area contributed by atoms with Crippen LogP contribution in [0.25, 0.3) is 0 Å². The summed E-state index contributed by atoms with van der Waals surface area (Å²) in [6.45, 7) is 11.8. The molecule has 3 heterocycles. The molecule has 0 radical (unpaired) electrons. The van der Waals surface area contributed by atoms with Gasteiger partial charge in [0, 0.05) is 43.5 Å². The van der Waals surface area contributed by atoms with Gasteiger partial charge in [-0.25, -0.2) is 9.97 Å². The van der Waals surface area contributed by atoms with Crippen molar-refractivity contribution < 1.29 is 4.74 Å². The van der Waals surface area contributed by atoms with Gasteiger partial charge in [0.05, 0.1) is 6.10 Å². The topological polar surface area (TPSA) is 54.4 Å². The van der Waals surface area contributed by atoms with Crippen LogP contribution in [0.5, 0.6) is 5.88 Å². The van der Waals surface area contributed by atoms with Crippen molar-refractivity contribution in [2.45, 2.75) is 33.8 Å². The number of ether oxygens (including phenoxy) is 1. The molecule has 6 nitrogen and oxygen atoms in total. The molecule has 6 heteroatoms. The van der Waals surface area contributed by atoms with Crippen LogP contribution in [0.15, 0.2) is 24.5 Å². The number of hydrogen-bond donors (Lipinski definition) is 0. The van der Waals surface area contributed by atoms with Gasteiger partial charge < -0.3 is 14.5 Å². The van der Waals surface area contributed by atoms with Crippen molar-refractivity contribution in [1.29, 1.82) is 0 Å². The number of aryl methyl sites for hydroxylation is 1. The molecule has 0 saturated carbocycles. The summed E-state index contributed by atoms with van der Waals surface area (Å²) in [5.41, 5.74) is 2.21. The highest BCUT2D eigenvalue weighted by molar-refractivity contribution is 5.50. The van der Waals surface area contributed by atoms with Crippen molar-refractivity contribution in [3.63, 3.8) is 0 Å². The maximum absolute atomic E-state index is 5.70. The minimum Gasteiger partial charge on any atom is -0.475 e. The quantitative estimate of drug-likeness (QED) is 0.860. The van der Waals surface area contributed by atoms with Crippen molar-refractivity contribution in [1.82, 2.24) is 15.0 Å². The molecule has 0 unspecified atom stereocenters. The summed E-state index contributed by atoms with van der Waals surface area (Å²) in [5.74, 6) is 2.71. The minimum absolute atomic E-state index is 0.133. The fourth-order valence-corrected chi connectivity index (χ4v) is 2.88. The molecule has 1 fully saturated rings. The summed E-state index contributed by atoms with van der Waals surface area (Å²) >= 11 is 0. The Hall–Kier alpha value is -2.37. The van der Waals surface area contributed by atoms with E-state index in [1.54, 1.807) is 6.33 Å². The standard InChI is InChI=1S/C18H25N5O/c1-13(2)24-17-7-5-6-16(21-17)22-8-10-23(11-9-22)18-14(3)15(4)19-12-20-18/h5-7,12-13H,8-11H2,1-4H3. The molecule has 0 atom stereocenters. The van der Waals surface area contributed by atoms with E-state index in [-0.39, 0.29) is 6.10 Å². The fourth-order valence-electron chi connectivity index (χ4n) is 2.88. The van der Waals surface area contributed by atoms with Gasteiger partial charge in [0.25, 0.3) is 0 Å². The Bertz CT molecular complexity index is 696. The van der Waals surface area contributed by atoms with Gasteiger partial charge in [-0.3, -0.25) is 0 Å². The van der Waals surface area contributed by atoms with Crippen LogP contribution < -0.4 is 14.5 Å². The molecule has 2 aromatic rings. The Morgan fingerprint density at radius 2 is 1.71 bits per heavy atom. The maximum atomic E-state index is 5.70. The van der Waals surface area contributed by atoms with Crippen LogP contribution in [0.3, 0.4) is 0 Å². The number of rotatable bonds is 4. The first kappa shape index (κ1) is 16.5. The number of hydrogen-bond acceptors (Lipinski definition) is 6. The van der Waals surface area contributed by atoms with E-state index in [0.717, 1.165) is 49.1 Å². The number of nitrogens with zero attached hydrogens (tertiary/aromatic N) is 5. The molecule has 0 bridgehead atoms. The molecule has 128 valence electrons. The van der Waals surface area contributed by atoms with Crippen LogP contribution in [0.1, 0.15) is 25.1 Å². The van der Waals surface area contributed by atoms with Gasteiger partial charge in [0.2, 0.25) is 5.88 Å². The molecule has 0 N–H and O–H groups in total. The molecule has 3 rings (SSSR count). The largest absolute Gasteiger partial charge is 0.475 e. The lowest BCUT2D eigenvalue weighted by atomic mass is 10.2. The van der Waals surface area contributed by atoms with Crippen LogP contribution in [0.4, 0.5) is 11.6 Å². The smallest absolute Gasteiger partial charge is 0.215 e. The maximum Gasteiger partial charge on any atom is 0.215 e. The zero-order valence-electron chi connectivity index (χ0n) is 14.9. The van der Waals surface area contributed by atoms with Gasteiger partial charge in [-0.05, 0) is 33.8 Å². The molecule has 1 aliphatic heterocycles. The van der Waals surface area contributed by atoms with E-state index in [1.807, 2.05) is 39.0 Å². The molecule has 0 amide bonds. The normalized spacial score (nSPS) is 15.0. The third-order valence-corrected chi connectivity index (χ3v) is 4.28. The summed E-state index contributed by atoms with van der Waals surface area (Å²) in [4.78, 5) is 18.0. The van der Waals surface area contributed by atoms with Crippen LogP contribution in [0, 0.1) is 13.8 Å². The highest BCUT2D eigenvalue weighted by Crippen LogP contribution is 2.22. The molecule has 0 aliphatic carbocycles. The van der Waals surface area contributed by atoms with Crippen LogP contribution in [0.2, 0.25) is 0 Å². The van der Waals surface area contributed by atoms with Crippen molar-refractivity contribution in [2.24, 2.45) is 0 Å². The zero-order chi connectivity index (χ0) is 17.1. The minimum atomic E-state index is 0.133. The highest BCUT2D eigenvalue weighted by atomic mass is 16.5. The third-order valence-electron chi connectivity index (χ3n) is 4.28. The zero-order valence-corrected chi connectivity index (χ0v) is 14.9. The Morgan fingerprint density at radius 3 is 2.42 bits per heavy atom. The molecule has 24 heavy (non-hydrogen) atoms. The first-order chi connectivity index (χ1) is 11.5. The van der Waals surface area contributed by atoms with Crippen LogP contribution in [-0.4, -0.2) is 47.2 Å². The fraction of sp³-hybridized carbons (Fsp3) is 0.500. The summed E-state index contributed by atoms with van der Waals surface area (Å²) in [5, 5.41) is 0. The van der Waals surface area contributed by atoms with Crippen molar-refractivity contribution in [3.05, 3.63) is 35.8 Å². The van der Waals surface area contributed by atoms with Gasteiger partial charge in [-0.15, -0.1) is 0 Å². The number of piperazine rings is 1.